The molecule has 4 N–H and O–H groups in total. The van der Waals surface area contributed by atoms with Gasteiger partial charge in [0.25, 0.3) is 0 Å². The second-order valence-electron chi connectivity index (χ2n) is 6.91. The predicted molar refractivity (Wildman–Crippen MR) is 126 cm³/mol. The molecule has 3 aromatic rings. The van der Waals surface area contributed by atoms with Crippen molar-refractivity contribution < 1.29 is 23.1 Å². The molecule has 1 heterocycles. The fourth-order valence-corrected chi connectivity index (χ4v) is 7.18. The van der Waals surface area contributed by atoms with Crippen LogP contribution in [-0.4, -0.2) is 38.2 Å². The van der Waals surface area contributed by atoms with Crippen LogP contribution in [0.15, 0.2) is 62.5 Å². The molecule has 32 heavy (non-hydrogen) atoms. The van der Waals surface area contributed by atoms with E-state index in [1.54, 1.807) is 18.4 Å². The quantitative estimate of drug-likeness (QED) is 0.233. The Morgan fingerprint density at radius 1 is 1.22 bits per heavy atom. The van der Waals surface area contributed by atoms with Crippen LogP contribution in [0.4, 0.5) is 0 Å². The summed E-state index contributed by atoms with van der Waals surface area (Å²) >= 11 is 2.47. The zero-order chi connectivity index (χ0) is 23.5. The minimum atomic E-state index is -3.85. The molecule has 168 valence electrons. The maximum absolute atomic E-state index is 13.4. The molecule has 0 radical (unpaired) electrons. The molecule has 0 atom stereocenters. The van der Waals surface area contributed by atoms with Gasteiger partial charge in [-0.3, -0.25) is 5.41 Å². The van der Waals surface area contributed by atoms with Crippen molar-refractivity contribution in [2.24, 2.45) is 5.73 Å². The number of ether oxygens (including phenoxy) is 1. The number of hydrogen-bond donors (Lipinski definition) is 3. The van der Waals surface area contributed by atoms with Gasteiger partial charge in [-0.15, -0.1) is 23.1 Å². The van der Waals surface area contributed by atoms with E-state index in [0.29, 0.717) is 14.6 Å². The molecule has 0 amide bonds. The summed E-state index contributed by atoms with van der Waals surface area (Å²) in [5.41, 5.74) is 8.73. The van der Waals surface area contributed by atoms with Crippen LogP contribution >= 0.6 is 23.1 Å². The number of nitrogens with two attached hydrogens (primary N) is 1. The maximum atomic E-state index is 13.4. The first kappa shape index (κ1) is 24.0. The molecule has 0 fully saturated rings. The molecule has 0 aliphatic heterocycles. The van der Waals surface area contributed by atoms with Gasteiger partial charge in [-0.05, 0) is 53.6 Å². The molecule has 1 aromatic heterocycles. The summed E-state index contributed by atoms with van der Waals surface area (Å²) in [6.45, 7) is 1.57. The predicted octanol–water partition coefficient (Wildman–Crippen LogP) is 4.16. The van der Waals surface area contributed by atoms with Crippen LogP contribution in [0.5, 0.6) is 0 Å². The van der Waals surface area contributed by atoms with Crippen molar-refractivity contribution in [2.75, 3.05) is 12.9 Å². The van der Waals surface area contributed by atoms with Crippen molar-refractivity contribution in [3.05, 3.63) is 64.5 Å². The van der Waals surface area contributed by atoms with Crippen molar-refractivity contribution in [1.29, 1.82) is 5.41 Å². The molecule has 0 unspecified atom stereocenters. The topological polar surface area (TPSA) is 131 Å². The Kier molecular flexibility index (Phi) is 7.40. The second-order valence-corrected chi connectivity index (χ2v) is 11.0. The number of thiophene rings is 1. The van der Waals surface area contributed by atoms with Crippen LogP contribution in [0.1, 0.15) is 16.0 Å². The number of hydrogen-bond acceptors (Lipinski definition) is 7. The lowest BCUT2D eigenvalue weighted by molar-refractivity contribution is -0.142. The summed E-state index contributed by atoms with van der Waals surface area (Å²) in [6, 6.07) is 13.6. The van der Waals surface area contributed by atoms with Crippen LogP contribution in [0.2, 0.25) is 0 Å². The van der Waals surface area contributed by atoms with Crippen LogP contribution in [-0.2, 0) is 26.0 Å². The first-order valence-electron chi connectivity index (χ1n) is 9.41. The number of carboxylic acid groups (broad SMARTS) is 1. The molecule has 3 rings (SSSR count). The summed E-state index contributed by atoms with van der Waals surface area (Å²) < 4.78 is 32.7. The minimum absolute atomic E-state index is 0.0867. The fourth-order valence-electron chi connectivity index (χ4n) is 3.28. The number of nitrogens with one attached hydrogen (secondary N) is 1. The molecular formula is C22H22N2O5S3. The highest BCUT2D eigenvalue weighted by molar-refractivity contribution is 8.01. The number of carboxylic acids is 1. The van der Waals surface area contributed by atoms with Crippen molar-refractivity contribution in [1.82, 2.24) is 0 Å². The Morgan fingerprint density at radius 3 is 2.59 bits per heavy atom. The van der Waals surface area contributed by atoms with Crippen LogP contribution in [0, 0.1) is 12.3 Å². The number of thioether (sulfide) groups is 1. The molecule has 0 aliphatic rings. The van der Waals surface area contributed by atoms with E-state index in [0.717, 1.165) is 16.7 Å². The zero-order valence-corrected chi connectivity index (χ0v) is 19.9. The van der Waals surface area contributed by atoms with Gasteiger partial charge >= 0.3 is 5.97 Å². The van der Waals surface area contributed by atoms with Gasteiger partial charge in [0.1, 0.15) is 12.4 Å². The summed E-state index contributed by atoms with van der Waals surface area (Å²) in [6.07, 6.45) is 1.78. The van der Waals surface area contributed by atoms with Crippen LogP contribution < -0.4 is 5.73 Å². The molecule has 0 saturated heterocycles. The third kappa shape index (κ3) is 5.04. The first-order valence-corrected chi connectivity index (χ1v) is 12.9. The molecular weight excluding hydrogens is 468 g/mol. The monoisotopic (exact) mass is 490 g/mol. The van der Waals surface area contributed by atoms with Gasteiger partial charge in [-0.2, -0.15) is 0 Å². The SMILES string of the molecule is CSc1sc(C(=N)N)cc1S(=O)(=O)c1cccc(-c2c(C)cccc2COCC(=O)O)c1. The van der Waals surface area contributed by atoms with E-state index >= 15 is 0 Å². The Morgan fingerprint density at radius 2 is 1.94 bits per heavy atom. The average Bonchev–Trinajstić information content (AvgIpc) is 3.19. The highest BCUT2D eigenvalue weighted by Crippen LogP contribution is 2.38. The highest BCUT2D eigenvalue weighted by Gasteiger charge is 2.25. The summed E-state index contributed by atoms with van der Waals surface area (Å²) in [5, 5.41) is 16.5. The number of sulfone groups is 1. The van der Waals surface area contributed by atoms with Crippen molar-refractivity contribution >= 4 is 44.7 Å². The fraction of sp³-hybridized carbons (Fsp3) is 0.182. The number of carbonyl (C=O) groups is 1. The third-order valence-corrected chi connectivity index (χ3v) is 9.02. The third-order valence-electron chi connectivity index (χ3n) is 4.68. The maximum Gasteiger partial charge on any atom is 0.329 e. The normalized spacial score (nSPS) is 11.4. The van der Waals surface area contributed by atoms with Gasteiger partial charge < -0.3 is 15.6 Å². The Hall–Kier alpha value is -2.66. The zero-order valence-electron chi connectivity index (χ0n) is 17.4. The Bertz CT molecular complexity index is 1280. The van der Waals surface area contributed by atoms with Gasteiger partial charge in [-0.1, -0.05) is 30.3 Å². The van der Waals surface area contributed by atoms with Gasteiger partial charge in [0.2, 0.25) is 9.84 Å². The van der Waals surface area contributed by atoms with E-state index in [2.05, 4.69) is 0 Å². The molecule has 0 spiro atoms. The summed E-state index contributed by atoms with van der Waals surface area (Å²) in [7, 11) is -3.85. The largest absolute Gasteiger partial charge is 0.480 e. The Labute approximate surface area is 194 Å². The average molecular weight is 491 g/mol. The lowest BCUT2D eigenvalue weighted by atomic mass is 9.95. The second kappa shape index (κ2) is 9.86. The van der Waals surface area contributed by atoms with E-state index in [1.807, 2.05) is 31.2 Å². The lowest BCUT2D eigenvalue weighted by Crippen LogP contribution is -2.09. The molecule has 2 aromatic carbocycles. The van der Waals surface area contributed by atoms with Crippen LogP contribution in [0.3, 0.4) is 0 Å². The van der Waals surface area contributed by atoms with Crippen molar-refractivity contribution in [3.8, 4) is 11.1 Å². The molecule has 10 heteroatoms. The number of aliphatic carboxylic acids is 1. The number of amidine groups is 1. The number of benzene rings is 2. The molecule has 0 saturated carbocycles. The summed E-state index contributed by atoms with van der Waals surface area (Å²) in [4.78, 5) is 11.4. The van der Waals surface area contributed by atoms with Gasteiger partial charge in [0, 0.05) is 0 Å². The van der Waals surface area contributed by atoms with Crippen LogP contribution in [0.25, 0.3) is 11.1 Å². The van der Waals surface area contributed by atoms with E-state index in [9.17, 15) is 13.2 Å². The number of aryl methyl sites for hydroxylation is 1. The molecule has 0 bridgehead atoms. The first-order chi connectivity index (χ1) is 15.1. The number of rotatable bonds is 9. The van der Waals surface area contributed by atoms with Crippen molar-refractivity contribution in [3.63, 3.8) is 0 Å². The highest BCUT2D eigenvalue weighted by atomic mass is 32.2. The van der Waals surface area contributed by atoms with E-state index in [1.165, 1.54) is 35.2 Å². The number of nitrogen functional groups attached to an aromatic ring is 1. The van der Waals surface area contributed by atoms with Gasteiger partial charge in [-0.25, -0.2) is 13.2 Å². The summed E-state index contributed by atoms with van der Waals surface area (Å²) in [5.74, 6) is -1.23. The Balaban J connectivity index is 2.07. The van der Waals surface area contributed by atoms with Gasteiger partial charge in [0.05, 0.1) is 25.5 Å². The smallest absolute Gasteiger partial charge is 0.329 e. The lowest BCUT2D eigenvalue weighted by Gasteiger charge is -2.14. The van der Waals surface area contributed by atoms with E-state index in [4.69, 9.17) is 21.0 Å². The minimum Gasteiger partial charge on any atom is -0.480 e. The molecule has 0 aliphatic carbocycles. The van der Waals surface area contributed by atoms with E-state index < -0.39 is 22.4 Å². The van der Waals surface area contributed by atoms with Gasteiger partial charge in [0.15, 0.2) is 0 Å². The standard InChI is InChI=1S/C22H22N2O5S3/c1-13-5-3-7-15(11-29-12-19(25)26)20(13)14-6-4-8-16(9-14)32(27,28)18-10-17(21(23)24)31-22(18)30-2/h3-10H,11-12H2,1-2H3,(H3,23,24)(H,25,26). The van der Waals surface area contributed by atoms with E-state index in [-0.39, 0.29) is 22.2 Å². The molecule has 7 nitrogen and oxygen atoms in total. The van der Waals surface area contributed by atoms with Crippen molar-refractivity contribution in [2.45, 2.75) is 27.5 Å².